The van der Waals surface area contributed by atoms with Gasteiger partial charge < -0.3 is 14.4 Å². The van der Waals surface area contributed by atoms with E-state index in [0.717, 1.165) is 44.9 Å². The Kier molecular flexibility index (Phi) is 3.11. The molecule has 0 spiro atoms. The monoisotopic (exact) mass is 252 g/mol. The normalized spacial score (nSPS) is 31.0. The van der Waals surface area contributed by atoms with Crippen molar-refractivity contribution < 1.29 is 14.4 Å². The van der Waals surface area contributed by atoms with E-state index in [-0.39, 0.29) is 17.6 Å². The van der Waals surface area contributed by atoms with Crippen LogP contribution in [0.3, 0.4) is 0 Å². The Hall–Kier alpha value is -0.940. The van der Waals surface area contributed by atoms with Crippen LogP contribution in [0.25, 0.3) is 0 Å². The number of aliphatic hydroxyl groups excluding tert-OH is 1. The second-order valence-corrected chi connectivity index (χ2v) is 5.47. The molecule has 0 bridgehead atoms. The van der Waals surface area contributed by atoms with E-state index >= 15 is 0 Å². The van der Waals surface area contributed by atoms with Crippen molar-refractivity contribution >= 4 is 0 Å². The van der Waals surface area contributed by atoms with Crippen LogP contribution in [-0.4, -0.2) is 28.5 Å². The van der Waals surface area contributed by atoms with Gasteiger partial charge in [-0.05, 0) is 44.9 Å². The van der Waals surface area contributed by atoms with Crippen LogP contribution in [0.1, 0.15) is 62.6 Å². The second-order valence-electron chi connectivity index (χ2n) is 5.47. The van der Waals surface area contributed by atoms with E-state index in [4.69, 9.17) is 9.26 Å². The van der Waals surface area contributed by atoms with Gasteiger partial charge in [-0.2, -0.15) is 4.98 Å². The van der Waals surface area contributed by atoms with Gasteiger partial charge in [-0.3, -0.25) is 0 Å². The molecule has 2 aliphatic carbocycles. The van der Waals surface area contributed by atoms with Crippen LogP contribution < -0.4 is 0 Å². The molecule has 5 heteroatoms. The largest absolute Gasteiger partial charge is 0.392 e. The van der Waals surface area contributed by atoms with E-state index in [1.807, 2.05) is 0 Å². The van der Waals surface area contributed by atoms with Crippen LogP contribution in [0.2, 0.25) is 0 Å². The van der Waals surface area contributed by atoms with E-state index in [9.17, 15) is 5.11 Å². The van der Waals surface area contributed by atoms with Gasteiger partial charge in [0.25, 0.3) is 0 Å². The molecule has 1 heterocycles. The first kappa shape index (κ1) is 12.1. The highest BCUT2D eigenvalue weighted by atomic mass is 16.5. The molecule has 2 saturated carbocycles. The molecule has 0 saturated heterocycles. The van der Waals surface area contributed by atoms with Crippen LogP contribution in [0.4, 0.5) is 0 Å². The Balaban J connectivity index is 1.84. The Morgan fingerprint density at radius 2 is 2.06 bits per heavy atom. The van der Waals surface area contributed by atoms with Gasteiger partial charge in [0, 0.05) is 7.11 Å². The summed E-state index contributed by atoms with van der Waals surface area (Å²) < 4.78 is 11.0. The molecular weight excluding hydrogens is 232 g/mol. The van der Waals surface area contributed by atoms with Gasteiger partial charge in [0.1, 0.15) is 5.60 Å². The molecule has 1 N–H and O–H groups in total. The van der Waals surface area contributed by atoms with Crippen LogP contribution in [-0.2, 0) is 10.3 Å². The summed E-state index contributed by atoms with van der Waals surface area (Å²) in [5, 5.41) is 14.0. The topological polar surface area (TPSA) is 68.4 Å². The van der Waals surface area contributed by atoms with Crippen LogP contribution in [0.15, 0.2) is 4.52 Å². The van der Waals surface area contributed by atoms with Gasteiger partial charge in [-0.1, -0.05) is 5.16 Å². The summed E-state index contributed by atoms with van der Waals surface area (Å²) in [7, 11) is 1.71. The number of hydrogen-bond donors (Lipinski definition) is 1. The first-order valence-corrected chi connectivity index (χ1v) is 6.82. The molecule has 2 fully saturated rings. The SMILES string of the molecule is COC1(c2noc(C3CCCC3O)n2)CCCC1. The quantitative estimate of drug-likeness (QED) is 0.892. The Morgan fingerprint density at radius 3 is 2.67 bits per heavy atom. The van der Waals surface area contributed by atoms with E-state index in [1.165, 1.54) is 0 Å². The van der Waals surface area contributed by atoms with Crippen molar-refractivity contribution in [2.45, 2.75) is 62.6 Å². The van der Waals surface area contributed by atoms with Crippen molar-refractivity contribution in [1.29, 1.82) is 0 Å². The predicted molar refractivity (Wildman–Crippen MR) is 64.1 cm³/mol. The number of aromatic nitrogens is 2. The summed E-state index contributed by atoms with van der Waals surface area (Å²) in [5.74, 6) is 1.26. The van der Waals surface area contributed by atoms with Gasteiger partial charge in [-0.15, -0.1) is 0 Å². The molecule has 100 valence electrons. The third-order valence-electron chi connectivity index (χ3n) is 4.45. The Labute approximate surface area is 107 Å². The number of rotatable bonds is 3. The fourth-order valence-corrected chi connectivity index (χ4v) is 3.26. The zero-order valence-corrected chi connectivity index (χ0v) is 10.8. The van der Waals surface area contributed by atoms with E-state index in [1.54, 1.807) is 7.11 Å². The van der Waals surface area contributed by atoms with Gasteiger partial charge >= 0.3 is 0 Å². The molecule has 2 aliphatic rings. The summed E-state index contributed by atoms with van der Waals surface area (Å²) in [4.78, 5) is 4.50. The highest BCUT2D eigenvalue weighted by Crippen LogP contribution is 2.41. The summed E-state index contributed by atoms with van der Waals surface area (Å²) in [6.07, 6.45) is 6.65. The molecule has 0 aromatic carbocycles. The van der Waals surface area contributed by atoms with Crippen molar-refractivity contribution in [3.8, 4) is 0 Å². The molecule has 0 amide bonds. The smallest absolute Gasteiger partial charge is 0.232 e. The van der Waals surface area contributed by atoms with Gasteiger partial charge in [0.05, 0.1) is 12.0 Å². The summed E-state index contributed by atoms with van der Waals surface area (Å²) in [6.45, 7) is 0. The predicted octanol–water partition coefficient (Wildman–Crippen LogP) is 2.11. The second kappa shape index (κ2) is 4.63. The molecule has 1 aromatic heterocycles. The zero-order chi connectivity index (χ0) is 12.6. The van der Waals surface area contributed by atoms with E-state index in [2.05, 4.69) is 10.1 Å². The highest BCUT2D eigenvalue weighted by molar-refractivity contribution is 5.08. The van der Waals surface area contributed by atoms with Crippen molar-refractivity contribution in [1.82, 2.24) is 10.1 Å². The van der Waals surface area contributed by atoms with Gasteiger partial charge in [0.2, 0.25) is 11.7 Å². The van der Waals surface area contributed by atoms with Gasteiger partial charge in [0.15, 0.2) is 0 Å². The molecule has 18 heavy (non-hydrogen) atoms. The maximum absolute atomic E-state index is 9.88. The summed E-state index contributed by atoms with van der Waals surface area (Å²) in [6, 6.07) is 0. The maximum atomic E-state index is 9.88. The summed E-state index contributed by atoms with van der Waals surface area (Å²) >= 11 is 0. The lowest BCUT2D eigenvalue weighted by Crippen LogP contribution is -2.26. The third kappa shape index (κ3) is 1.86. The Morgan fingerprint density at radius 1 is 1.28 bits per heavy atom. The molecule has 0 aliphatic heterocycles. The summed E-state index contributed by atoms with van der Waals surface area (Å²) in [5.41, 5.74) is -0.356. The lowest BCUT2D eigenvalue weighted by atomic mass is 10.0. The van der Waals surface area contributed by atoms with Crippen LogP contribution in [0.5, 0.6) is 0 Å². The fourth-order valence-electron chi connectivity index (χ4n) is 3.26. The average Bonchev–Trinajstić information content (AvgIpc) is 3.08. The first-order chi connectivity index (χ1) is 8.75. The van der Waals surface area contributed by atoms with Crippen LogP contribution >= 0.6 is 0 Å². The van der Waals surface area contributed by atoms with E-state index < -0.39 is 0 Å². The number of nitrogens with zero attached hydrogens (tertiary/aromatic N) is 2. The zero-order valence-electron chi connectivity index (χ0n) is 10.8. The van der Waals surface area contributed by atoms with Crippen molar-refractivity contribution in [2.75, 3.05) is 7.11 Å². The van der Waals surface area contributed by atoms with Crippen molar-refractivity contribution in [3.63, 3.8) is 0 Å². The van der Waals surface area contributed by atoms with Gasteiger partial charge in [-0.25, -0.2) is 0 Å². The fraction of sp³-hybridized carbons (Fsp3) is 0.846. The molecule has 1 aromatic rings. The minimum Gasteiger partial charge on any atom is -0.392 e. The first-order valence-electron chi connectivity index (χ1n) is 6.82. The number of methoxy groups -OCH3 is 1. The minimum atomic E-state index is -0.356. The maximum Gasteiger partial charge on any atom is 0.232 e. The molecule has 5 nitrogen and oxygen atoms in total. The van der Waals surface area contributed by atoms with Crippen molar-refractivity contribution in [3.05, 3.63) is 11.7 Å². The third-order valence-corrected chi connectivity index (χ3v) is 4.45. The lowest BCUT2D eigenvalue weighted by Gasteiger charge is -2.22. The number of hydrogen-bond acceptors (Lipinski definition) is 5. The molecule has 2 atom stereocenters. The number of ether oxygens (including phenoxy) is 1. The Bertz CT molecular complexity index is 412. The molecule has 0 radical (unpaired) electrons. The molecule has 2 unspecified atom stereocenters. The van der Waals surface area contributed by atoms with Crippen molar-refractivity contribution in [2.24, 2.45) is 0 Å². The molecule has 3 rings (SSSR count). The van der Waals surface area contributed by atoms with E-state index in [0.29, 0.717) is 11.7 Å². The number of aliphatic hydroxyl groups is 1. The molecular formula is C13H20N2O3. The minimum absolute atomic E-state index is 0.0153. The average molecular weight is 252 g/mol. The van der Waals surface area contributed by atoms with Crippen LogP contribution in [0, 0.1) is 0 Å². The highest BCUT2D eigenvalue weighted by Gasteiger charge is 2.41. The standard InChI is InChI=1S/C13H20N2O3/c1-17-13(7-2-3-8-13)12-14-11(18-15-12)9-5-4-6-10(9)16/h9-10,16H,2-8H2,1H3. The lowest BCUT2D eigenvalue weighted by molar-refractivity contribution is -0.0178.